The second-order valence-corrected chi connectivity index (χ2v) is 4.10. The van der Waals surface area contributed by atoms with Gasteiger partial charge >= 0.3 is 5.69 Å². The smallest absolute Gasteiger partial charge is 0.327 e. The highest BCUT2D eigenvalue weighted by atomic mass is 16.2. The summed E-state index contributed by atoms with van der Waals surface area (Å²) in [6.45, 7) is 0. The maximum absolute atomic E-state index is 11.5. The van der Waals surface area contributed by atoms with Gasteiger partial charge in [0, 0.05) is 12.4 Å². The van der Waals surface area contributed by atoms with Crippen molar-refractivity contribution in [1.82, 2.24) is 29.4 Å². The summed E-state index contributed by atoms with van der Waals surface area (Å²) < 4.78 is 3.12. The van der Waals surface area contributed by atoms with Crippen LogP contribution in [-0.4, -0.2) is 29.4 Å². The number of aromatic nitrogens is 6. The van der Waals surface area contributed by atoms with Crippen LogP contribution < -0.4 is 5.69 Å². The number of nitrogens with zero attached hydrogens (tertiary/aromatic N) is 5. The number of rotatable bonds is 0. The van der Waals surface area contributed by atoms with Crippen LogP contribution in [0, 0.1) is 0 Å². The van der Waals surface area contributed by atoms with E-state index in [2.05, 4.69) is 20.3 Å². The van der Waals surface area contributed by atoms with Crippen LogP contribution in [0.4, 0.5) is 0 Å². The maximum Gasteiger partial charge on any atom is 0.365 e. The topological polar surface area (TPSA) is 80.9 Å². The van der Waals surface area contributed by atoms with Gasteiger partial charge in [0.25, 0.3) is 5.78 Å². The van der Waals surface area contributed by atoms with Gasteiger partial charge < -0.3 is 4.57 Å². The highest BCUT2D eigenvalue weighted by Gasteiger charge is 2.13. The normalized spacial score (nSPS) is 11.8. The Balaban J connectivity index is 2.37. The number of aryl methyl sites for hydroxylation is 1. The Bertz CT molecular complexity index is 960. The van der Waals surface area contributed by atoms with E-state index in [0.717, 1.165) is 10.9 Å². The molecule has 88 valence electrons. The van der Waals surface area contributed by atoms with Crippen molar-refractivity contribution in [2.75, 3.05) is 0 Å². The Morgan fingerprint density at radius 1 is 1.28 bits per heavy atom. The molecule has 4 aromatic rings. The molecule has 0 aliphatic carbocycles. The minimum absolute atomic E-state index is 0.276. The quantitative estimate of drug-likeness (QED) is 0.484. The number of nitrogens with one attached hydrogen (secondary N) is 1. The zero-order valence-electron chi connectivity index (χ0n) is 9.45. The average Bonchev–Trinajstić information content (AvgIpc) is 2.90. The van der Waals surface area contributed by atoms with Crippen molar-refractivity contribution in [3.05, 3.63) is 34.7 Å². The predicted molar refractivity (Wildman–Crippen MR) is 65.4 cm³/mol. The molecule has 1 N–H and O–H groups in total. The van der Waals surface area contributed by atoms with E-state index in [-0.39, 0.29) is 11.5 Å². The molecule has 0 bridgehead atoms. The fraction of sp³-hybridized carbons (Fsp3) is 0.0909. The minimum Gasteiger partial charge on any atom is -0.327 e. The average molecular weight is 240 g/mol. The summed E-state index contributed by atoms with van der Waals surface area (Å²) in [5, 5.41) is 11.4. The minimum atomic E-state index is -0.382. The Labute approximate surface area is 99.7 Å². The Morgan fingerprint density at radius 3 is 3.00 bits per heavy atom. The SMILES string of the molecule is Cn1c2ccccc2c2nn3c(=O)[nH]nc3nc21. The summed E-state index contributed by atoms with van der Waals surface area (Å²) in [5.41, 5.74) is 2.05. The van der Waals surface area contributed by atoms with Gasteiger partial charge in [0.15, 0.2) is 5.65 Å². The van der Waals surface area contributed by atoms with Crippen molar-refractivity contribution < 1.29 is 0 Å². The van der Waals surface area contributed by atoms with Gasteiger partial charge in [-0.15, -0.1) is 9.61 Å². The van der Waals surface area contributed by atoms with Crippen LogP contribution in [0.25, 0.3) is 27.8 Å². The third-order valence-electron chi connectivity index (χ3n) is 3.09. The van der Waals surface area contributed by atoms with E-state index in [4.69, 9.17) is 0 Å². The molecule has 0 amide bonds. The van der Waals surface area contributed by atoms with E-state index in [0.29, 0.717) is 11.2 Å². The molecule has 0 saturated carbocycles. The lowest BCUT2D eigenvalue weighted by atomic mass is 10.2. The van der Waals surface area contributed by atoms with E-state index < -0.39 is 0 Å². The van der Waals surface area contributed by atoms with Crippen LogP contribution in [0.3, 0.4) is 0 Å². The van der Waals surface area contributed by atoms with Crippen molar-refractivity contribution in [2.24, 2.45) is 7.05 Å². The molecular formula is C11H8N6O. The third kappa shape index (κ3) is 0.981. The van der Waals surface area contributed by atoms with Crippen LogP contribution in [0.5, 0.6) is 0 Å². The third-order valence-corrected chi connectivity index (χ3v) is 3.09. The molecular weight excluding hydrogens is 232 g/mol. The molecule has 4 rings (SSSR count). The summed E-state index contributed by atoms with van der Waals surface area (Å²) in [5.74, 6) is 0.276. The van der Waals surface area contributed by atoms with Crippen LogP contribution in [-0.2, 0) is 7.05 Å². The molecule has 1 aromatic carbocycles. The van der Waals surface area contributed by atoms with Crippen molar-refractivity contribution >= 4 is 27.8 Å². The zero-order valence-corrected chi connectivity index (χ0v) is 9.45. The number of hydrogen-bond acceptors (Lipinski definition) is 4. The summed E-state index contributed by atoms with van der Waals surface area (Å²) in [7, 11) is 1.92. The lowest BCUT2D eigenvalue weighted by Gasteiger charge is -1.95. The van der Waals surface area contributed by atoms with Gasteiger partial charge in [-0.1, -0.05) is 18.2 Å². The van der Waals surface area contributed by atoms with Gasteiger partial charge in [-0.25, -0.2) is 9.89 Å². The molecule has 0 fully saturated rings. The van der Waals surface area contributed by atoms with Crippen molar-refractivity contribution in [1.29, 1.82) is 0 Å². The predicted octanol–water partition coefficient (Wildman–Crippen LogP) is 0.457. The standard InChI is InChI=1S/C11H8N6O/c1-16-7-5-3-2-4-6(7)8-9(16)12-10-13-14-11(18)17(10)15-8/h2-5H,1H3,(H,14,18). The second-order valence-electron chi connectivity index (χ2n) is 4.10. The molecule has 0 spiro atoms. The Morgan fingerprint density at radius 2 is 2.11 bits per heavy atom. The van der Waals surface area contributed by atoms with E-state index in [1.165, 1.54) is 4.52 Å². The number of fused-ring (bicyclic) bond motifs is 4. The van der Waals surface area contributed by atoms with E-state index in [1.54, 1.807) is 0 Å². The number of para-hydroxylation sites is 1. The first-order valence-corrected chi connectivity index (χ1v) is 5.44. The first-order valence-electron chi connectivity index (χ1n) is 5.44. The highest BCUT2D eigenvalue weighted by molar-refractivity contribution is 6.04. The van der Waals surface area contributed by atoms with Gasteiger partial charge in [-0.3, -0.25) is 0 Å². The highest BCUT2D eigenvalue weighted by Crippen LogP contribution is 2.24. The van der Waals surface area contributed by atoms with Crippen LogP contribution in [0.15, 0.2) is 29.1 Å². The van der Waals surface area contributed by atoms with Crippen molar-refractivity contribution in [2.45, 2.75) is 0 Å². The lowest BCUT2D eigenvalue weighted by molar-refractivity contribution is 0.882. The fourth-order valence-corrected chi connectivity index (χ4v) is 2.23. The molecule has 3 heterocycles. The molecule has 0 aliphatic rings. The Hall–Kier alpha value is -2.70. The Kier molecular flexibility index (Phi) is 1.53. The lowest BCUT2D eigenvalue weighted by Crippen LogP contribution is -2.12. The molecule has 7 heteroatoms. The van der Waals surface area contributed by atoms with E-state index in [9.17, 15) is 4.79 Å². The van der Waals surface area contributed by atoms with E-state index >= 15 is 0 Å². The molecule has 3 aromatic heterocycles. The molecule has 0 atom stereocenters. The van der Waals surface area contributed by atoms with Gasteiger partial charge in [-0.2, -0.15) is 10.1 Å². The summed E-state index contributed by atoms with van der Waals surface area (Å²) in [6.07, 6.45) is 0. The first-order chi connectivity index (χ1) is 8.75. The van der Waals surface area contributed by atoms with Crippen molar-refractivity contribution in [3.8, 4) is 0 Å². The molecule has 0 saturated heterocycles. The molecule has 0 aliphatic heterocycles. The van der Waals surface area contributed by atoms with Gasteiger partial charge in [0.2, 0.25) is 0 Å². The van der Waals surface area contributed by atoms with Crippen molar-refractivity contribution in [3.63, 3.8) is 0 Å². The number of benzene rings is 1. The summed E-state index contributed by atoms with van der Waals surface area (Å²) in [4.78, 5) is 15.9. The molecule has 0 radical (unpaired) electrons. The number of aromatic amines is 1. The first kappa shape index (κ1) is 9.34. The van der Waals surface area contributed by atoms with Gasteiger partial charge in [-0.05, 0) is 6.07 Å². The number of hydrogen-bond donors (Lipinski definition) is 1. The van der Waals surface area contributed by atoms with Crippen LogP contribution >= 0.6 is 0 Å². The van der Waals surface area contributed by atoms with Crippen LogP contribution in [0.2, 0.25) is 0 Å². The van der Waals surface area contributed by atoms with Crippen LogP contribution in [0.1, 0.15) is 0 Å². The zero-order chi connectivity index (χ0) is 12.3. The molecule has 0 unspecified atom stereocenters. The largest absolute Gasteiger partial charge is 0.365 e. The van der Waals surface area contributed by atoms with Gasteiger partial charge in [0.05, 0.1) is 5.52 Å². The maximum atomic E-state index is 11.5. The monoisotopic (exact) mass is 240 g/mol. The molecule has 7 nitrogen and oxygen atoms in total. The number of H-pyrrole nitrogens is 1. The van der Waals surface area contributed by atoms with Gasteiger partial charge in [0.1, 0.15) is 5.52 Å². The second kappa shape index (κ2) is 2.95. The summed E-state index contributed by atoms with van der Waals surface area (Å²) in [6, 6.07) is 7.85. The van der Waals surface area contributed by atoms with E-state index in [1.807, 2.05) is 35.9 Å². The summed E-state index contributed by atoms with van der Waals surface area (Å²) >= 11 is 0. The fourth-order valence-electron chi connectivity index (χ4n) is 2.23. The molecule has 18 heavy (non-hydrogen) atoms.